The number of para-hydroxylation sites is 2. The van der Waals surface area contributed by atoms with Crippen LogP contribution in [0, 0.1) is 5.92 Å². The van der Waals surface area contributed by atoms with E-state index in [0.29, 0.717) is 37.0 Å². The van der Waals surface area contributed by atoms with Crippen molar-refractivity contribution >= 4 is 39.2 Å². The van der Waals surface area contributed by atoms with E-state index < -0.39 is 5.92 Å². The van der Waals surface area contributed by atoms with Crippen LogP contribution < -0.4 is 15.0 Å². The molecule has 7 nitrogen and oxygen atoms in total. The second kappa shape index (κ2) is 9.34. The van der Waals surface area contributed by atoms with Crippen LogP contribution in [-0.4, -0.2) is 34.7 Å². The number of anilines is 2. The maximum atomic E-state index is 12.9. The summed E-state index contributed by atoms with van der Waals surface area (Å²) in [5.74, 6) is 0.518. The molecule has 1 saturated heterocycles. The molecule has 1 aliphatic heterocycles. The summed E-state index contributed by atoms with van der Waals surface area (Å²) < 4.78 is 8.37. The van der Waals surface area contributed by atoms with Gasteiger partial charge in [-0.25, -0.2) is 4.68 Å². The van der Waals surface area contributed by atoms with Crippen molar-refractivity contribution in [2.75, 3.05) is 23.4 Å². The van der Waals surface area contributed by atoms with Gasteiger partial charge in [0.2, 0.25) is 11.8 Å². The second-order valence-corrected chi connectivity index (χ2v) is 8.22. The second-order valence-electron chi connectivity index (χ2n) is 7.30. The number of aromatic nitrogens is 2. The van der Waals surface area contributed by atoms with E-state index in [0.717, 1.165) is 10.0 Å². The van der Waals surface area contributed by atoms with E-state index >= 15 is 0 Å². The van der Waals surface area contributed by atoms with Gasteiger partial charge >= 0.3 is 0 Å². The summed E-state index contributed by atoms with van der Waals surface area (Å²) in [7, 11) is 0. The molecule has 2 aromatic carbocycles. The Morgan fingerprint density at radius 3 is 2.87 bits per heavy atom. The van der Waals surface area contributed by atoms with Crippen LogP contribution in [0.4, 0.5) is 11.5 Å². The van der Waals surface area contributed by atoms with Crippen molar-refractivity contribution in [3.8, 4) is 5.75 Å². The molecule has 0 saturated carbocycles. The highest BCUT2D eigenvalue weighted by Crippen LogP contribution is 2.33. The van der Waals surface area contributed by atoms with E-state index in [1.54, 1.807) is 21.8 Å². The summed E-state index contributed by atoms with van der Waals surface area (Å²) in [5, 5.41) is 7.26. The number of hydrogen-bond donors (Lipinski definition) is 1. The number of carbonyl (C=O) groups is 2. The van der Waals surface area contributed by atoms with Crippen molar-refractivity contribution in [2.45, 2.75) is 19.9 Å². The van der Waals surface area contributed by atoms with Gasteiger partial charge < -0.3 is 15.0 Å². The minimum absolute atomic E-state index is 0.0880. The molecule has 160 valence electrons. The van der Waals surface area contributed by atoms with Gasteiger partial charge in [-0.2, -0.15) is 5.10 Å². The van der Waals surface area contributed by atoms with E-state index in [-0.39, 0.29) is 18.2 Å². The number of benzene rings is 2. The van der Waals surface area contributed by atoms with Crippen LogP contribution in [0.3, 0.4) is 0 Å². The van der Waals surface area contributed by atoms with Gasteiger partial charge in [0.15, 0.2) is 0 Å². The average Bonchev–Trinajstić information content (AvgIpc) is 3.35. The number of nitrogens with one attached hydrogen (secondary N) is 1. The maximum absolute atomic E-state index is 12.9. The van der Waals surface area contributed by atoms with E-state index in [1.807, 2.05) is 55.5 Å². The molecule has 8 heteroatoms. The molecule has 1 atom stereocenters. The van der Waals surface area contributed by atoms with Crippen LogP contribution in [0.1, 0.15) is 18.9 Å². The van der Waals surface area contributed by atoms with Crippen molar-refractivity contribution in [3.63, 3.8) is 0 Å². The monoisotopic (exact) mass is 482 g/mol. The quantitative estimate of drug-likeness (QED) is 0.550. The zero-order chi connectivity index (χ0) is 21.8. The fraction of sp³-hybridized carbons (Fsp3) is 0.261. The smallest absolute Gasteiger partial charge is 0.230 e. The van der Waals surface area contributed by atoms with Crippen molar-refractivity contribution in [1.29, 1.82) is 0 Å². The first kappa shape index (κ1) is 21.1. The van der Waals surface area contributed by atoms with E-state index in [2.05, 4.69) is 26.3 Å². The molecule has 3 aromatic rings. The lowest BCUT2D eigenvalue weighted by atomic mass is 10.1. The minimum atomic E-state index is -0.448. The molecule has 1 unspecified atom stereocenters. The van der Waals surface area contributed by atoms with Gasteiger partial charge in [-0.3, -0.25) is 9.59 Å². The van der Waals surface area contributed by atoms with Crippen LogP contribution in [0.25, 0.3) is 0 Å². The van der Waals surface area contributed by atoms with Crippen LogP contribution in [-0.2, 0) is 16.1 Å². The van der Waals surface area contributed by atoms with Gasteiger partial charge in [0.1, 0.15) is 11.6 Å². The van der Waals surface area contributed by atoms with E-state index in [9.17, 15) is 9.59 Å². The summed E-state index contributed by atoms with van der Waals surface area (Å²) in [5.41, 5.74) is 1.76. The molecule has 1 aromatic heterocycles. The predicted molar refractivity (Wildman–Crippen MR) is 122 cm³/mol. The van der Waals surface area contributed by atoms with Gasteiger partial charge in [-0.15, -0.1) is 0 Å². The number of halogens is 1. The molecule has 2 amide bonds. The lowest BCUT2D eigenvalue weighted by molar-refractivity contribution is -0.122. The highest BCUT2D eigenvalue weighted by Gasteiger charge is 2.36. The fourth-order valence-corrected chi connectivity index (χ4v) is 4.12. The normalized spacial score (nSPS) is 15.9. The molecule has 0 aliphatic carbocycles. The molecule has 4 rings (SSSR count). The molecule has 1 N–H and O–H groups in total. The lowest BCUT2D eigenvalue weighted by Gasteiger charge is -2.20. The van der Waals surface area contributed by atoms with Crippen LogP contribution in [0.15, 0.2) is 65.3 Å². The molecule has 0 radical (unpaired) electrons. The standard InChI is InChI=1S/C23H23BrN4O3/c1-2-31-20-9-4-3-8-19(20)27-15-17(13-22(27)29)23(30)26-21-10-11-25-28(21)14-16-6-5-7-18(24)12-16/h3-12,17H,2,13-15H2,1H3,(H,26,30). The number of rotatable bonds is 7. The van der Waals surface area contributed by atoms with Crippen LogP contribution in [0.5, 0.6) is 5.75 Å². The zero-order valence-corrected chi connectivity index (χ0v) is 18.7. The largest absolute Gasteiger partial charge is 0.492 e. The van der Waals surface area contributed by atoms with Gasteiger partial charge in [-0.1, -0.05) is 40.2 Å². The third-order valence-corrected chi connectivity index (χ3v) is 5.63. The van der Waals surface area contributed by atoms with Crippen molar-refractivity contribution in [3.05, 3.63) is 70.8 Å². The Balaban J connectivity index is 1.45. The predicted octanol–water partition coefficient (Wildman–Crippen LogP) is 4.08. The summed E-state index contributed by atoms with van der Waals surface area (Å²) in [6.45, 7) is 3.25. The minimum Gasteiger partial charge on any atom is -0.492 e. The molecule has 31 heavy (non-hydrogen) atoms. The highest BCUT2D eigenvalue weighted by atomic mass is 79.9. The topological polar surface area (TPSA) is 76.5 Å². The Labute approximate surface area is 189 Å². The molecule has 0 bridgehead atoms. The first-order valence-corrected chi connectivity index (χ1v) is 10.9. The Kier molecular flexibility index (Phi) is 6.36. The molecule has 1 aliphatic rings. The summed E-state index contributed by atoms with van der Waals surface area (Å²) in [4.78, 5) is 27.2. The van der Waals surface area contributed by atoms with Crippen molar-refractivity contribution in [1.82, 2.24) is 9.78 Å². The Hall–Kier alpha value is -3.13. The molecule has 2 heterocycles. The Morgan fingerprint density at radius 1 is 1.23 bits per heavy atom. The third kappa shape index (κ3) is 4.80. The number of hydrogen-bond acceptors (Lipinski definition) is 4. The molecular formula is C23H23BrN4O3. The first-order valence-electron chi connectivity index (χ1n) is 10.1. The fourth-order valence-electron chi connectivity index (χ4n) is 3.68. The third-order valence-electron chi connectivity index (χ3n) is 5.14. The molecular weight excluding hydrogens is 460 g/mol. The first-order chi connectivity index (χ1) is 15.0. The van der Waals surface area contributed by atoms with Crippen LogP contribution in [0.2, 0.25) is 0 Å². The summed E-state index contributed by atoms with van der Waals surface area (Å²) in [6, 6.07) is 17.1. The average molecular weight is 483 g/mol. The number of ether oxygens (including phenoxy) is 1. The van der Waals surface area contributed by atoms with Gasteiger partial charge in [-0.05, 0) is 36.8 Å². The molecule has 1 fully saturated rings. The van der Waals surface area contributed by atoms with Gasteiger partial charge in [0, 0.05) is 23.5 Å². The lowest BCUT2D eigenvalue weighted by Crippen LogP contribution is -2.29. The van der Waals surface area contributed by atoms with Gasteiger partial charge in [0.25, 0.3) is 0 Å². The SMILES string of the molecule is CCOc1ccccc1N1CC(C(=O)Nc2ccnn2Cc2cccc(Br)c2)CC1=O. The zero-order valence-electron chi connectivity index (χ0n) is 17.1. The number of amides is 2. The van der Waals surface area contributed by atoms with Crippen molar-refractivity contribution in [2.24, 2.45) is 5.92 Å². The van der Waals surface area contributed by atoms with Crippen molar-refractivity contribution < 1.29 is 14.3 Å². The Morgan fingerprint density at radius 2 is 2.06 bits per heavy atom. The van der Waals surface area contributed by atoms with Gasteiger partial charge in [0.05, 0.1) is 31.0 Å². The van der Waals surface area contributed by atoms with E-state index in [1.165, 1.54) is 0 Å². The number of nitrogens with zero attached hydrogens (tertiary/aromatic N) is 3. The summed E-state index contributed by atoms with van der Waals surface area (Å²) in [6.07, 6.45) is 1.81. The summed E-state index contributed by atoms with van der Waals surface area (Å²) >= 11 is 3.47. The van der Waals surface area contributed by atoms with E-state index in [4.69, 9.17) is 4.74 Å². The number of carbonyl (C=O) groups excluding carboxylic acids is 2. The molecule has 0 spiro atoms. The van der Waals surface area contributed by atoms with Crippen LogP contribution >= 0.6 is 15.9 Å². The Bertz CT molecular complexity index is 1100. The maximum Gasteiger partial charge on any atom is 0.230 e. The highest BCUT2D eigenvalue weighted by molar-refractivity contribution is 9.10.